The second-order valence-corrected chi connectivity index (χ2v) is 5.83. The van der Waals surface area contributed by atoms with Gasteiger partial charge < -0.3 is 20.5 Å². The van der Waals surface area contributed by atoms with Crippen molar-refractivity contribution in [1.82, 2.24) is 5.32 Å². The molecule has 1 atom stereocenters. The summed E-state index contributed by atoms with van der Waals surface area (Å²) in [6.07, 6.45) is -0.714. The highest BCUT2D eigenvalue weighted by molar-refractivity contribution is 5.92. The number of nitrogens with one attached hydrogen (secondary N) is 2. The Balaban J connectivity index is 1.80. The van der Waals surface area contributed by atoms with Crippen molar-refractivity contribution in [1.29, 1.82) is 0 Å². The van der Waals surface area contributed by atoms with Crippen molar-refractivity contribution >= 4 is 23.7 Å². The Morgan fingerprint density at radius 3 is 2.22 bits per heavy atom. The number of carbonyl (C=O) groups excluding carboxylic acids is 2. The number of benzene rings is 2. The van der Waals surface area contributed by atoms with Gasteiger partial charge in [0.15, 0.2) is 0 Å². The Labute approximate surface area is 155 Å². The van der Waals surface area contributed by atoms with Gasteiger partial charge >= 0.3 is 12.1 Å². The summed E-state index contributed by atoms with van der Waals surface area (Å²) in [6, 6.07) is 11.3. The average molecular weight is 374 g/mol. The van der Waals surface area contributed by atoms with E-state index < -0.39 is 18.1 Å². The Kier molecular flexibility index (Phi) is 6.87. The van der Waals surface area contributed by atoms with E-state index in [0.29, 0.717) is 16.8 Å². The molecule has 7 nitrogen and oxygen atoms in total. The largest absolute Gasteiger partial charge is 0.480 e. The molecule has 142 valence electrons. The summed E-state index contributed by atoms with van der Waals surface area (Å²) >= 11 is 0. The van der Waals surface area contributed by atoms with Crippen LogP contribution in [0.15, 0.2) is 48.5 Å². The molecule has 2 rings (SSSR count). The fourth-order valence-electron chi connectivity index (χ4n) is 2.11. The second-order valence-electron chi connectivity index (χ2n) is 5.83. The zero-order valence-electron chi connectivity index (χ0n) is 14.6. The van der Waals surface area contributed by atoms with E-state index in [9.17, 15) is 18.8 Å². The van der Waals surface area contributed by atoms with Gasteiger partial charge in [-0.15, -0.1) is 0 Å². The summed E-state index contributed by atoms with van der Waals surface area (Å²) in [6.45, 7) is 1.29. The number of carbonyl (C=O) groups is 3. The second kappa shape index (κ2) is 9.33. The molecule has 1 unspecified atom stereocenters. The van der Waals surface area contributed by atoms with Crippen molar-refractivity contribution in [2.45, 2.75) is 26.0 Å². The van der Waals surface area contributed by atoms with E-state index in [2.05, 4.69) is 10.6 Å². The lowest BCUT2D eigenvalue weighted by atomic mass is 10.1. The van der Waals surface area contributed by atoms with E-state index in [1.165, 1.54) is 19.1 Å². The van der Waals surface area contributed by atoms with Crippen molar-refractivity contribution in [3.8, 4) is 0 Å². The van der Waals surface area contributed by atoms with Gasteiger partial charge in [0.25, 0.3) is 0 Å². The number of hydrogen-bond donors (Lipinski definition) is 3. The van der Waals surface area contributed by atoms with E-state index in [1.54, 1.807) is 36.4 Å². The maximum Gasteiger partial charge on any atom is 0.408 e. The van der Waals surface area contributed by atoms with E-state index in [0.717, 1.165) is 0 Å². The van der Waals surface area contributed by atoms with Crippen molar-refractivity contribution < 1.29 is 28.6 Å². The van der Waals surface area contributed by atoms with Crippen LogP contribution >= 0.6 is 0 Å². The number of carboxylic acids is 1. The number of halogens is 1. The van der Waals surface area contributed by atoms with Crippen molar-refractivity contribution in [2.75, 3.05) is 5.32 Å². The first-order valence-electron chi connectivity index (χ1n) is 8.13. The Morgan fingerprint density at radius 2 is 1.63 bits per heavy atom. The average Bonchev–Trinajstić information content (AvgIpc) is 2.63. The molecule has 0 radical (unpaired) electrons. The Morgan fingerprint density at radius 1 is 1.04 bits per heavy atom. The number of anilines is 1. The summed E-state index contributed by atoms with van der Waals surface area (Å²) in [4.78, 5) is 34.1. The normalized spacial score (nSPS) is 11.3. The summed E-state index contributed by atoms with van der Waals surface area (Å²) in [5, 5.41) is 13.6. The van der Waals surface area contributed by atoms with Gasteiger partial charge in [0.05, 0.1) is 6.42 Å². The van der Waals surface area contributed by atoms with Gasteiger partial charge in [0.1, 0.15) is 18.5 Å². The van der Waals surface area contributed by atoms with Crippen LogP contribution in [0, 0.1) is 5.82 Å². The zero-order chi connectivity index (χ0) is 19.8. The molecule has 0 bridgehead atoms. The molecular weight excluding hydrogens is 355 g/mol. The number of aliphatic carboxylic acids is 1. The molecule has 2 aromatic rings. The maximum atomic E-state index is 12.9. The third-order valence-electron chi connectivity index (χ3n) is 3.59. The van der Waals surface area contributed by atoms with Gasteiger partial charge in [0, 0.05) is 5.69 Å². The van der Waals surface area contributed by atoms with Gasteiger partial charge in [-0.3, -0.25) is 9.59 Å². The lowest BCUT2D eigenvalue weighted by molar-refractivity contribution is -0.138. The monoisotopic (exact) mass is 374 g/mol. The first-order chi connectivity index (χ1) is 12.8. The van der Waals surface area contributed by atoms with Crippen LogP contribution in [-0.2, 0) is 27.4 Å². The summed E-state index contributed by atoms with van der Waals surface area (Å²) < 4.78 is 17.8. The molecule has 3 N–H and O–H groups in total. The molecule has 0 aliphatic heterocycles. The SMILES string of the molecule is CC(NC(=O)OCc1ccc(NC(=O)Cc2ccc(F)cc2)cc1)C(=O)O. The lowest BCUT2D eigenvalue weighted by Crippen LogP contribution is -2.38. The molecule has 27 heavy (non-hydrogen) atoms. The molecule has 8 heteroatoms. The van der Waals surface area contributed by atoms with Gasteiger partial charge in [0.2, 0.25) is 5.91 Å². The molecular formula is C19H19FN2O5. The Hall–Kier alpha value is -3.42. The first kappa shape index (κ1) is 19.9. The highest BCUT2D eigenvalue weighted by atomic mass is 19.1. The third-order valence-corrected chi connectivity index (χ3v) is 3.59. The van der Waals surface area contributed by atoms with Crippen LogP contribution in [0.1, 0.15) is 18.1 Å². The van der Waals surface area contributed by atoms with Gasteiger partial charge in [-0.25, -0.2) is 9.18 Å². The smallest absolute Gasteiger partial charge is 0.408 e. The van der Waals surface area contributed by atoms with Crippen LogP contribution in [0.25, 0.3) is 0 Å². The zero-order valence-corrected chi connectivity index (χ0v) is 14.6. The minimum Gasteiger partial charge on any atom is -0.480 e. The number of rotatable bonds is 7. The van der Waals surface area contributed by atoms with Crippen LogP contribution in [0.5, 0.6) is 0 Å². The van der Waals surface area contributed by atoms with Gasteiger partial charge in [-0.2, -0.15) is 0 Å². The predicted molar refractivity (Wildman–Crippen MR) is 95.6 cm³/mol. The van der Waals surface area contributed by atoms with Crippen LogP contribution in [0.2, 0.25) is 0 Å². The molecule has 0 heterocycles. The fraction of sp³-hybridized carbons (Fsp3) is 0.211. The summed E-state index contributed by atoms with van der Waals surface area (Å²) in [7, 11) is 0. The highest BCUT2D eigenvalue weighted by Gasteiger charge is 2.14. The number of ether oxygens (including phenoxy) is 1. The molecule has 0 spiro atoms. The minimum absolute atomic E-state index is 0.0397. The molecule has 0 aliphatic carbocycles. The topological polar surface area (TPSA) is 105 Å². The lowest BCUT2D eigenvalue weighted by Gasteiger charge is -2.10. The van der Waals surface area contributed by atoms with Crippen LogP contribution < -0.4 is 10.6 Å². The fourth-order valence-corrected chi connectivity index (χ4v) is 2.11. The van der Waals surface area contributed by atoms with Crippen molar-refractivity contribution in [3.63, 3.8) is 0 Å². The molecule has 0 aliphatic rings. The molecule has 2 amide bonds. The van der Waals surface area contributed by atoms with Crippen molar-refractivity contribution in [3.05, 3.63) is 65.5 Å². The van der Waals surface area contributed by atoms with E-state index in [4.69, 9.17) is 9.84 Å². The van der Waals surface area contributed by atoms with Crippen LogP contribution in [0.4, 0.5) is 14.9 Å². The number of hydrogen-bond acceptors (Lipinski definition) is 4. The third kappa shape index (κ3) is 6.77. The maximum absolute atomic E-state index is 12.9. The van der Waals surface area contributed by atoms with Crippen LogP contribution in [0.3, 0.4) is 0 Å². The molecule has 2 aromatic carbocycles. The van der Waals surface area contributed by atoms with Gasteiger partial charge in [-0.05, 0) is 42.3 Å². The number of amides is 2. The standard InChI is InChI=1S/C19H19FN2O5/c1-12(18(24)25)21-19(26)27-11-14-4-8-16(9-5-14)22-17(23)10-13-2-6-15(20)7-3-13/h2-9,12H,10-11H2,1H3,(H,21,26)(H,22,23)(H,24,25). The summed E-state index contributed by atoms with van der Waals surface area (Å²) in [5.41, 5.74) is 1.93. The molecule has 0 saturated heterocycles. The number of carboxylic acid groups (broad SMARTS) is 1. The minimum atomic E-state index is -1.16. The summed E-state index contributed by atoms with van der Waals surface area (Å²) in [5.74, 6) is -1.76. The van der Waals surface area contributed by atoms with Crippen molar-refractivity contribution in [2.24, 2.45) is 0 Å². The first-order valence-corrected chi connectivity index (χ1v) is 8.13. The molecule has 0 saturated carbocycles. The Bertz CT molecular complexity index is 806. The van der Waals surface area contributed by atoms with E-state index >= 15 is 0 Å². The molecule has 0 fully saturated rings. The van der Waals surface area contributed by atoms with Gasteiger partial charge in [-0.1, -0.05) is 24.3 Å². The predicted octanol–water partition coefficient (Wildman–Crippen LogP) is 2.71. The quantitative estimate of drug-likeness (QED) is 0.691. The van der Waals surface area contributed by atoms with Crippen LogP contribution in [-0.4, -0.2) is 29.1 Å². The van der Waals surface area contributed by atoms with E-state index in [-0.39, 0.29) is 24.8 Å². The van der Waals surface area contributed by atoms with E-state index in [1.807, 2.05) is 0 Å². The number of alkyl carbamates (subject to hydrolysis) is 1. The highest BCUT2D eigenvalue weighted by Crippen LogP contribution is 2.12. The molecule has 0 aromatic heterocycles.